The van der Waals surface area contributed by atoms with Crippen LogP contribution < -0.4 is 5.73 Å². The lowest BCUT2D eigenvalue weighted by Gasteiger charge is -2.29. The van der Waals surface area contributed by atoms with Gasteiger partial charge in [-0.25, -0.2) is 0 Å². The molecule has 222 valence electrons. The third kappa shape index (κ3) is 5.12. The molecule has 0 saturated carbocycles. The zero-order valence-corrected chi connectivity index (χ0v) is 24.9. The predicted molar refractivity (Wildman–Crippen MR) is 188 cm³/mol. The highest BCUT2D eigenvalue weighted by Crippen LogP contribution is 2.56. The molecule has 0 aliphatic rings. The first-order chi connectivity index (χ1) is 22.5. The van der Waals surface area contributed by atoms with Crippen molar-refractivity contribution < 1.29 is 15.3 Å². The molecule has 4 nitrogen and oxygen atoms in total. The number of phenols is 3. The zero-order chi connectivity index (χ0) is 31.6. The number of benzene rings is 7. The van der Waals surface area contributed by atoms with E-state index >= 15 is 0 Å². The lowest BCUT2D eigenvalue weighted by molar-refractivity contribution is 0.404. The highest BCUT2D eigenvalue weighted by atomic mass is 16.3. The molecule has 4 heteroatoms. The van der Waals surface area contributed by atoms with Crippen molar-refractivity contribution in [3.63, 3.8) is 0 Å². The first kappa shape index (κ1) is 28.5. The molecule has 7 aromatic carbocycles. The maximum Gasteiger partial charge on any atom is 0.158 e. The highest BCUT2D eigenvalue weighted by molar-refractivity contribution is 6.15. The Morgan fingerprint density at radius 3 is 0.913 bits per heavy atom. The largest absolute Gasteiger partial charge is 0.506 e. The summed E-state index contributed by atoms with van der Waals surface area (Å²) in [5.74, 6) is -0.386. The van der Waals surface area contributed by atoms with Crippen molar-refractivity contribution in [1.29, 1.82) is 0 Å². The summed E-state index contributed by atoms with van der Waals surface area (Å²) < 4.78 is 0. The van der Waals surface area contributed by atoms with Gasteiger partial charge >= 0.3 is 0 Å². The topological polar surface area (TPSA) is 86.7 Å². The van der Waals surface area contributed by atoms with Gasteiger partial charge in [-0.1, -0.05) is 133 Å². The fourth-order valence-corrected chi connectivity index (χ4v) is 6.28. The second-order valence-electron chi connectivity index (χ2n) is 11.2. The van der Waals surface area contributed by atoms with Crippen LogP contribution in [0.3, 0.4) is 0 Å². The van der Waals surface area contributed by atoms with Gasteiger partial charge in [-0.2, -0.15) is 0 Å². The Bertz CT molecular complexity index is 1900. The molecule has 0 radical (unpaired) electrons. The van der Waals surface area contributed by atoms with Gasteiger partial charge < -0.3 is 21.1 Å². The van der Waals surface area contributed by atoms with Crippen LogP contribution in [0.2, 0.25) is 0 Å². The third-order valence-electron chi connectivity index (χ3n) is 8.33. The van der Waals surface area contributed by atoms with Gasteiger partial charge in [0.1, 0.15) is 5.75 Å². The van der Waals surface area contributed by atoms with Crippen molar-refractivity contribution in [2.24, 2.45) is 0 Å². The minimum atomic E-state index is -0.203. The Balaban J connectivity index is 1.83. The lowest BCUT2D eigenvalue weighted by Crippen LogP contribution is -2.02. The van der Waals surface area contributed by atoms with Crippen LogP contribution in [-0.2, 0) is 0 Å². The monoisotopic (exact) mass is 597 g/mol. The summed E-state index contributed by atoms with van der Waals surface area (Å²) in [5, 5.41) is 32.2. The van der Waals surface area contributed by atoms with E-state index in [9.17, 15) is 15.3 Å². The quantitative estimate of drug-likeness (QED) is 0.113. The molecule has 0 aromatic heterocycles. The van der Waals surface area contributed by atoms with Gasteiger partial charge in [0.05, 0.1) is 5.69 Å². The first-order valence-corrected chi connectivity index (χ1v) is 15.1. The summed E-state index contributed by atoms with van der Waals surface area (Å²) >= 11 is 0. The maximum absolute atomic E-state index is 11.0. The number of nitrogen functional groups attached to an aromatic ring is 1. The van der Waals surface area contributed by atoms with E-state index in [1.165, 1.54) is 6.07 Å². The van der Waals surface area contributed by atoms with E-state index in [2.05, 4.69) is 48.5 Å². The second kappa shape index (κ2) is 12.0. The number of hydrogen-bond acceptors (Lipinski definition) is 4. The van der Waals surface area contributed by atoms with Crippen LogP contribution in [0.1, 0.15) is 0 Å². The molecule has 0 atom stereocenters. The molecule has 0 heterocycles. The third-order valence-corrected chi connectivity index (χ3v) is 8.33. The van der Waals surface area contributed by atoms with Gasteiger partial charge in [-0.3, -0.25) is 0 Å². The molecule has 0 spiro atoms. The molecular weight excluding hydrogens is 566 g/mol. The zero-order valence-electron chi connectivity index (χ0n) is 24.9. The molecule has 0 saturated heterocycles. The van der Waals surface area contributed by atoms with Gasteiger partial charge in [0.25, 0.3) is 0 Å². The van der Waals surface area contributed by atoms with E-state index in [1.54, 1.807) is 18.2 Å². The molecule has 0 aliphatic heterocycles. The van der Waals surface area contributed by atoms with E-state index < -0.39 is 0 Å². The van der Waals surface area contributed by atoms with E-state index in [-0.39, 0.29) is 17.2 Å². The second-order valence-corrected chi connectivity index (χ2v) is 11.2. The number of phenolic OH excluding ortho intramolecular Hbond substituents is 3. The Kier molecular flexibility index (Phi) is 7.45. The SMILES string of the molecule is Nc1ccc(-c2c(-c3ccccc3)c(-c3ccccc3)c(-c3ccc(O)c(O)c3)c(-c3ccccc3)c2-c2ccccc2)cc1O. The molecule has 7 aromatic rings. The minimum Gasteiger partial charge on any atom is -0.506 e. The Hall–Kier alpha value is -6.26. The fourth-order valence-electron chi connectivity index (χ4n) is 6.28. The standard InChI is InChI=1S/C42H31NO3/c43-33-23-21-31(25-35(33)45)41-37(27-13-5-1-6-14-27)39(29-17-9-3-10-18-29)42(32-22-24-34(44)36(46)26-32)40(30-19-11-4-12-20-30)38(41)28-15-7-2-8-16-28/h1-26,44-46H,43H2. The van der Waals surface area contributed by atoms with E-state index in [1.807, 2.05) is 84.9 Å². The molecule has 0 bridgehead atoms. The van der Waals surface area contributed by atoms with Crippen LogP contribution in [0.15, 0.2) is 158 Å². The summed E-state index contributed by atoms with van der Waals surface area (Å²) in [6.45, 7) is 0. The summed E-state index contributed by atoms with van der Waals surface area (Å²) in [4.78, 5) is 0. The predicted octanol–water partition coefficient (Wildman–Crippen LogP) is 10.4. The Morgan fingerprint density at radius 2 is 0.587 bits per heavy atom. The van der Waals surface area contributed by atoms with Gasteiger partial charge in [0.15, 0.2) is 11.5 Å². The molecule has 0 amide bonds. The van der Waals surface area contributed by atoms with Gasteiger partial charge in [0, 0.05) is 0 Å². The minimum absolute atomic E-state index is 0.00517. The number of hydrogen-bond donors (Lipinski definition) is 4. The molecule has 46 heavy (non-hydrogen) atoms. The molecule has 0 aliphatic carbocycles. The van der Waals surface area contributed by atoms with Crippen molar-refractivity contribution >= 4 is 5.69 Å². The van der Waals surface area contributed by atoms with Gasteiger partial charge in [0.2, 0.25) is 0 Å². The van der Waals surface area contributed by atoms with Crippen LogP contribution in [-0.4, -0.2) is 15.3 Å². The Morgan fingerprint density at radius 1 is 0.283 bits per heavy atom. The van der Waals surface area contributed by atoms with E-state index in [0.29, 0.717) is 5.69 Å². The molecule has 7 rings (SSSR count). The van der Waals surface area contributed by atoms with Crippen molar-refractivity contribution in [1.82, 2.24) is 0 Å². The van der Waals surface area contributed by atoms with Crippen LogP contribution >= 0.6 is 0 Å². The van der Waals surface area contributed by atoms with Crippen LogP contribution in [0, 0.1) is 0 Å². The summed E-state index contributed by atoms with van der Waals surface area (Å²) in [6, 6.07) is 51.3. The highest BCUT2D eigenvalue weighted by Gasteiger charge is 2.29. The number of aromatic hydroxyl groups is 3. The molecule has 0 fully saturated rings. The normalized spacial score (nSPS) is 11.0. The summed E-state index contributed by atoms with van der Waals surface area (Å²) in [7, 11) is 0. The molecular formula is C42H31NO3. The van der Waals surface area contributed by atoms with Crippen LogP contribution in [0.5, 0.6) is 17.2 Å². The van der Waals surface area contributed by atoms with E-state index in [4.69, 9.17) is 5.73 Å². The van der Waals surface area contributed by atoms with Gasteiger partial charge in [-0.05, 0) is 91.0 Å². The van der Waals surface area contributed by atoms with Crippen molar-refractivity contribution in [2.75, 3.05) is 5.73 Å². The summed E-state index contributed by atoms with van der Waals surface area (Å²) in [5.41, 5.74) is 17.5. The fraction of sp³-hybridized carbons (Fsp3) is 0. The Labute approximate surface area is 267 Å². The van der Waals surface area contributed by atoms with Gasteiger partial charge in [-0.15, -0.1) is 0 Å². The average molecular weight is 598 g/mol. The van der Waals surface area contributed by atoms with Crippen molar-refractivity contribution in [2.45, 2.75) is 0 Å². The lowest BCUT2D eigenvalue weighted by atomic mass is 9.74. The number of anilines is 1. The van der Waals surface area contributed by atoms with Crippen LogP contribution in [0.4, 0.5) is 5.69 Å². The molecule has 0 unspecified atom stereocenters. The first-order valence-electron chi connectivity index (χ1n) is 15.1. The van der Waals surface area contributed by atoms with Crippen molar-refractivity contribution in [3.05, 3.63) is 158 Å². The smallest absolute Gasteiger partial charge is 0.158 e. The average Bonchev–Trinajstić information content (AvgIpc) is 3.11. The summed E-state index contributed by atoms with van der Waals surface area (Å²) in [6.07, 6.45) is 0. The van der Waals surface area contributed by atoms with Crippen LogP contribution in [0.25, 0.3) is 66.8 Å². The van der Waals surface area contributed by atoms with Crippen molar-refractivity contribution in [3.8, 4) is 84.0 Å². The molecule has 5 N–H and O–H groups in total. The maximum atomic E-state index is 11.0. The number of rotatable bonds is 6. The van der Waals surface area contributed by atoms with E-state index in [0.717, 1.165) is 66.8 Å². The number of nitrogens with two attached hydrogens (primary N) is 1.